The standard InChI is InChI=1S/C23H34F6/c1-6-8-9-10-12-17(4)20(11-7-2)21(22(24,25)26,23(27,28)29)19-14-13-16(3)18(5)15-19/h13-15,17,20H,6-12H2,1-5H3. The zero-order chi connectivity index (χ0) is 22.5. The molecule has 6 heteroatoms. The molecule has 0 saturated carbocycles. The molecule has 0 aromatic heterocycles. The number of rotatable bonds is 10. The van der Waals surface area contributed by atoms with Crippen LogP contribution in [-0.4, -0.2) is 12.4 Å². The molecular weight excluding hydrogens is 390 g/mol. The second-order valence-electron chi connectivity index (χ2n) is 8.32. The molecule has 168 valence electrons. The quantitative estimate of drug-likeness (QED) is 0.260. The van der Waals surface area contributed by atoms with E-state index in [1.165, 1.54) is 6.07 Å². The van der Waals surface area contributed by atoms with E-state index in [2.05, 4.69) is 0 Å². The Morgan fingerprint density at radius 3 is 1.79 bits per heavy atom. The number of aryl methyl sites for hydroxylation is 2. The summed E-state index contributed by atoms with van der Waals surface area (Å²) in [7, 11) is 0. The molecular formula is C23H34F6. The summed E-state index contributed by atoms with van der Waals surface area (Å²) in [6, 6.07) is 3.48. The van der Waals surface area contributed by atoms with Crippen molar-refractivity contribution in [2.45, 2.75) is 97.3 Å². The van der Waals surface area contributed by atoms with Gasteiger partial charge in [-0.1, -0.05) is 77.5 Å². The van der Waals surface area contributed by atoms with Crippen LogP contribution in [0, 0.1) is 25.7 Å². The lowest BCUT2D eigenvalue weighted by molar-refractivity contribution is -0.324. The molecule has 0 aliphatic carbocycles. The maximum absolute atomic E-state index is 14.4. The van der Waals surface area contributed by atoms with Gasteiger partial charge < -0.3 is 0 Å². The van der Waals surface area contributed by atoms with Crippen molar-refractivity contribution in [3.63, 3.8) is 0 Å². The van der Waals surface area contributed by atoms with E-state index in [-0.39, 0.29) is 12.8 Å². The summed E-state index contributed by atoms with van der Waals surface area (Å²) < 4.78 is 86.7. The first-order valence-electron chi connectivity index (χ1n) is 10.6. The highest BCUT2D eigenvalue weighted by atomic mass is 19.4. The Kier molecular flexibility index (Phi) is 9.10. The van der Waals surface area contributed by atoms with Crippen LogP contribution in [0.2, 0.25) is 0 Å². The molecule has 1 aromatic carbocycles. The number of halogens is 6. The van der Waals surface area contributed by atoms with Crippen LogP contribution >= 0.6 is 0 Å². The Labute approximate surface area is 171 Å². The highest BCUT2D eigenvalue weighted by molar-refractivity contribution is 5.38. The van der Waals surface area contributed by atoms with Gasteiger partial charge in [0, 0.05) is 0 Å². The van der Waals surface area contributed by atoms with Gasteiger partial charge in [0.25, 0.3) is 0 Å². The average molecular weight is 425 g/mol. The Morgan fingerprint density at radius 2 is 1.34 bits per heavy atom. The summed E-state index contributed by atoms with van der Waals surface area (Å²) in [6.07, 6.45) is -7.00. The third-order valence-electron chi connectivity index (χ3n) is 6.21. The van der Waals surface area contributed by atoms with Gasteiger partial charge in [0.15, 0.2) is 5.41 Å². The van der Waals surface area contributed by atoms with Crippen molar-refractivity contribution in [1.29, 1.82) is 0 Å². The molecule has 0 aliphatic rings. The highest BCUT2D eigenvalue weighted by Crippen LogP contribution is 2.59. The Morgan fingerprint density at radius 1 is 0.759 bits per heavy atom. The molecule has 1 aromatic rings. The molecule has 0 saturated heterocycles. The third-order valence-corrected chi connectivity index (χ3v) is 6.21. The molecule has 0 amide bonds. The lowest BCUT2D eigenvalue weighted by Gasteiger charge is -2.46. The van der Waals surface area contributed by atoms with Gasteiger partial charge in [0.2, 0.25) is 0 Å². The zero-order valence-electron chi connectivity index (χ0n) is 18.1. The van der Waals surface area contributed by atoms with Crippen molar-refractivity contribution in [3.8, 4) is 0 Å². The molecule has 29 heavy (non-hydrogen) atoms. The summed E-state index contributed by atoms with van der Waals surface area (Å²) in [6.45, 7) is 8.46. The molecule has 0 spiro atoms. The van der Waals surface area contributed by atoms with Gasteiger partial charge in [0.05, 0.1) is 0 Å². The second-order valence-corrected chi connectivity index (χ2v) is 8.32. The number of alkyl halides is 6. The Bertz CT molecular complexity index is 615. The number of hydrogen-bond donors (Lipinski definition) is 0. The second kappa shape index (κ2) is 10.2. The molecule has 0 nitrogen and oxygen atoms in total. The minimum absolute atomic E-state index is 0.124. The minimum Gasteiger partial charge on any atom is -0.170 e. The molecule has 0 aliphatic heterocycles. The van der Waals surface area contributed by atoms with Crippen LogP contribution in [-0.2, 0) is 5.41 Å². The van der Waals surface area contributed by atoms with E-state index in [0.717, 1.165) is 31.4 Å². The average Bonchev–Trinajstić information content (AvgIpc) is 2.59. The van der Waals surface area contributed by atoms with Crippen molar-refractivity contribution in [1.82, 2.24) is 0 Å². The summed E-state index contributed by atoms with van der Waals surface area (Å²) in [5, 5.41) is 0. The Balaban J connectivity index is 3.62. The van der Waals surface area contributed by atoms with Gasteiger partial charge in [0.1, 0.15) is 0 Å². The lowest BCUT2D eigenvalue weighted by atomic mass is 9.62. The van der Waals surface area contributed by atoms with Crippen LogP contribution in [0.5, 0.6) is 0 Å². The maximum atomic E-state index is 14.4. The van der Waals surface area contributed by atoms with Gasteiger partial charge in [-0.25, -0.2) is 0 Å². The SMILES string of the molecule is CCCCCCC(C)C(CCC)C(c1ccc(C)c(C)c1)(C(F)(F)F)C(F)(F)F. The van der Waals surface area contributed by atoms with Gasteiger partial charge in [-0.3, -0.25) is 0 Å². The minimum atomic E-state index is -5.44. The van der Waals surface area contributed by atoms with Crippen molar-refractivity contribution in [2.75, 3.05) is 0 Å². The largest absolute Gasteiger partial charge is 0.407 e. The van der Waals surface area contributed by atoms with E-state index in [1.807, 2.05) is 6.92 Å². The van der Waals surface area contributed by atoms with Crippen LogP contribution in [0.15, 0.2) is 18.2 Å². The molecule has 0 N–H and O–H groups in total. The molecule has 0 heterocycles. The number of hydrogen-bond acceptors (Lipinski definition) is 0. The monoisotopic (exact) mass is 424 g/mol. The van der Waals surface area contributed by atoms with Crippen LogP contribution in [0.3, 0.4) is 0 Å². The summed E-state index contributed by atoms with van der Waals surface area (Å²) in [5.41, 5.74) is -3.43. The van der Waals surface area contributed by atoms with Crippen LogP contribution in [0.25, 0.3) is 0 Å². The topological polar surface area (TPSA) is 0 Å². The van der Waals surface area contributed by atoms with Crippen LogP contribution in [0.4, 0.5) is 26.3 Å². The molecule has 0 fully saturated rings. The smallest absolute Gasteiger partial charge is 0.170 e. The van der Waals surface area contributed by atoms with E-state index in [1.54, 1.807) is 27.7 Å². The first kappa shape index (κ1) is 25.8. The maximum Gasteiger partial charge on any atom is 0.407 e. The summed E-state index contributed by atoms with van der Waals surface area (Å²) in [4.78, 5) is 0. The highest BCUT2D eigenvalue weighted by Gasteiger charge is 2.74. The first-order valence-corrected chi connectivity index (χ1v) is 10.6. The van der Waals surface area contributed by atoms with E-state index in [0.29, 0.717) is 24.0 Å². The lowest BCUT2D eigenvalue weighted by Crippen LogP contribution is -2.60. The van der Waals surface area contributed by atoms with Crippen molar-refractivity contribution in [3.05, 3.63) is 34.9 Å². The molecule has 2 unspecified atom stereocenters. The first-order chi connectivity index (χ1) is 13.3. The number of unbranched alkanes of at least 4 members (excludes halogenated alkanes) is 3. The van der Waals surface area contributed by atoms with E-state index < -0.39 is 35.2 Å². The summed E-state index contributed by atoms with van der Waals surface area (Å²) >= 11 is 0. The predicted octanol–water partition coefficient (Wildman–Crippen LogP) is 8.69. The van der Waals surface area contributed by atoms with E-state index in [9.17, 15) is 26.3 Å². The van der Waals surface area contributed by atoms with Crippen molar-refractivity contribution >= 4 is 0 Å². The van der Waals surface area contributed by atoms with Gasteiger partial charge in [-0.15, -0.1) is 0 Å². The Hall–Kier alpha value is -1.20. The zero-order valence-corrected chi connectivity index (χ0v) is 18.1. The third kappa shape index (κ3) is 5.49. The van der Waals surface area contributed by atoms with Crippen LogP contribution < -0.4 is 0 Å². The number of benzene rings is 1. The molecule has 0 radical (unpaired) electrons. The molecule has 1 rings (SSSR count). The van der Waals surface area contributed by atoms with Gasteiger partial charge in [-0.05, 0) is 48.8 Å². The van der Waals surface area contributed by atoms with E-state index in [4.69, 9.17) is 0 Å². The molecule has 0 bridgehead atoms. The van der Waals surface area contributed by atoms with Gasteiger partial charge in [-0.2, -0.15) is 26.3 Å². The normalized spacial score (nSPS) is 15.4. The molecule has 2 atom stereocenters. The fourth-order valence-corrected chi connectivity index (χ4v) is 4.44. The van der Waals surface area contributed by atoms with E-state index >= 15 is 0 Å². The summed E-state index contributed by atoms with van der Waals surface area (Å²) in [5.74, 6) is -2.26. The fourth-order valence-electron chi connectivity index (χ4n) is 4.44. The fraction of sp³-hybridized carbons (Fsp3) is 0.739. The van der Waals surface area contributed by atoms with Crippen LogP contribution in [0.1, 0.15) is 82.4 Å². The predicted molar refractivity (Wildman–Crippen MR) is 106 cm³/mol. The van der Waals surface area contributed by atoms with Crippen molar-refractivity contribution < 1.29 is 26.3 Å². The van der Waals surface area contributed by atoms with Gasteiger partial charge >= 0.3 is 12.4 Å². The van der Waals surface area contributed by atoms with Crippen molar-refractivity contribution in [2.24, 2.45) is 11.8 Å².